The van der Waals surface area contributed by atoms with Crippen molar-refractivity contribution in [2.75, 3.05) is 19.5 Å². The maximum absolute atomic E-state index is 12.6. The van der Waals surface area contributed by atoms with Gasteiger partial charge < -0.3 is 19.7 Å². The number of carbonyl (C=O) groups is 1. The molecular formula is C20H24N2O3. The summed E-state index contributed by atoms with van der Waals surface area (Å²) in [5.74, 6) is 1.38. The van der Waals surface area contributed by atoms with Crippen LogP contribution in [0.2, 0.25) is 0 Å². The molecule has 0 fully saturated rings. The van der Waals surface area contributed by atoms with Crippen molar-refractivity contribution in [3.63, 3.8) is 0 Å². The van der Waals surface area contributed by atoms with Crippen molar-refractivity contribution < 1.29 is 14.3 Å². The zero-order valence-electron chi connectivity index (χ0n) is 15.1. The SMILES string of the molecule is CCC(C)Oc1ccc(C2Nc3ccccc3C(=O)N2C)cc1OC. The molecule has 0 spiro atoms. The van der Waals surface area contributed by atoms with E-state index in [1.165, 1.54) is 0 Å². The number of rotatable bonds is 5. The first kappa shape index (κ1) is 17.1. The van der Waals surface area contributed by atoms with E-state index >= 15 is 0 Å². The quantitative estimate of drug-likeness (QED) is 0.891. The zero-order valence-corrected chi connectivity index (χ0v) is 15.1. The van der Waals surface area contributed by atoms with Gasteiger partial charge in [0.1, 0.15) is 6.17 Å². The summed E-state index contributed by atoms with van der Waals surface area (Å²) in [7, 11) is 3.42. The average molecular weight is 340 g/mol. The summed E-state index contributed by atoms with van der Waals surface area (Å²) < 4.78 is 11.4. The number of carbonyl (C=O) groups excluding carboxylic acids is 1. The fourth-order valence-electron chi connectivity index (χ4n) is 2.91. The number of methoxy groups -OCH3 is 1. The first-order chi connectivity index (χ1) is 12.0. The normalized spacial score (nSPS) is 17.5. The summed E-state index contributed by atoms with van der Waals surface area (Å²) in [6.45, 7) is 4.11. The molecule has 1 heterocycles. The molecule has 0 radical (unpaired) electrons. The second-order valence-electron chi connectivity index (χ2n) is 6.26. The number of para-hydroxylation sites is 1. The fourth-order valence-corrected chi connectivity index (χ4v) is 2.91. The Morgan fingerprint density at radius 2 is 1.96 bits per heavy atom. The molecule has 3 rings (SSSR count). The standard InChI is InChI=1S/C20H24N2O3/c1-5-13(2)25-17-11-10-14(12-18(17)24-4)19-21-16-9-7-6-8-15(16)20(23)22(19)3/h6-13,19,21H,5H2,1-4H3. The Kier molecular flexibility index (Phi) is 4.83. The summed E-state index contributed by atoms with van der Waals surface area (Å²) in [6, 6.07) is 13.3. The Morgan fingerprint density at radius 3 is 2.68 bits per heavy atom. The lowest BCUT2D eigenvalue weighted by Gasteiger charge is -2.35. The van der Waals surface area contributed by atoms with Gasteiger partial charge in [0, 0.05) is 12.7 Å². The molecule has 25 heavy (non-hydrogen) atoms. The molecule has 5 nitrogen and oxygen atoms in total. The van der Waals surface area contributed by atoms with Gasteiger partial charge in [0.25, 0.3) is 5.91 Å². The molecule has 1 N–H and O–H groups in total. The van der Waals surface area contributed by atoms with E-state index in [4.69, 9.17) is 9.47 Å². The Labute approximate surface area is 148 Å². The molecule has 2 aromatic carbocycles. The number of hydrogen-bond donors (Lipinski definition) is 1. The van der Waals surface area contributed by atoms with Gasteiger partial charge >= 0.3 is 0 Å². The third-order valence-electron chi connectivity index (χ3n) is 4.56. The van der Waals surface area contributed by atoms with E-state index in [9.17, 15) is 4.79 Å². The molecule has 1 aliphatic heterocycles. The Morgan fingerprint density at radius 1 is 1.20 bits per heavy atom. The third-order valence-corrected chi connectivity index (χ3v) is 4.56. The number of hydrogen-bond acceptors (Lipinski definition) is 4. The number of nitrogens with one attached hydrogen (secondary N) is 1. The molecule has 2 unspecified atom stereocenters. The van der Waals surface area contributed by atoms with E-state index in [-0.39, 0.29) is 18.2 Å². The molecule has 1 aliphatic rings. The van der Waals surface area contributed by atoms with Gasteiger partial charge in [-0.3, -0.25) is 4.79 Å². The van der Waals surface area contributed by atoms with E-state index in [2.05, 4.69) is 12.2 Å². The van der Waals surface area contributed by atoms with Crippen molar-refractivity contribution in [2.45, 2.75) is 32.5 Å². The maximum Gasteiger partial charge on any atom is 0.257 e. The Hall–Kier alpha value is -2.69. The lowest BCUT2D eigenvalue weighted by Crippen LogP contribution is -2.40. The van der Waals surface area contributed by atoms with Crippen molar-refractivity contribution in [2.24, 2.45) is 0 Å². The Balaban J connectivity index is 1.93. The van der Waals surface area contributed by atoms with Crippen molar-refractivity contribution in [1.29, 1.82) is 0 Å². The van der Waals surface area contributed by atoms with Gasteiger partial charge in [-0.15, -0.1) is 0 Å². The van der Waals surface area contributed by atoms with Crippen LogP contribution >= 0.6 is 0 Å². The van der Waals surface area contributed by atoms with Crippen molar-refractivity contribution in [3.05, 3.63) is 53.6 Å². The lowest BCUT2D eigenvalue weighted by atomic mass is 10.0. The van der Waals surface area contributed by atoms with Crippen LogP contribution < -0.4 is 14.8 Å². The largest absolute Gasteiger partial charge is 0.493 e. The average Bonchev–Trinajstić information content (AvgIpc) is 2.65. The van der Waals surface area contributed by atoms with E-state index in [1.54, 1.807) is 19.1 Å². The lowest BCUT2D eigenvalue weighted by molar-refractivity contribution is 0.0735. The van der Waals surface area contributed by atoms with Gasteiger partial charge in [-0.1, -0.05) is 25.1 Å². The molecule has 2 atom stereocenters. The number of nitrogens with zero attached hydrogens (tertiary/aromatic N) is 1. The molecular weight excluding hydrogens is 316 g/mol. The van der Waals surface area contributed by atoms with Crippen LogP contribution in [0.3, 0.4) is 0 Å². The monoisotopic (exact) mass is 340 g/mol. The molecule has 5 heteroatoms. The molecule has 0 aromatic heterocycles. The predicted octanol–water partition coefficient (Wildman–Crippen LogP) is 4.07. The summed E-state index contributed by atoms with van der Waals surface area (Å²) >= 11 is 0. The molecule has 0 saturated heterocycles. The van der Waals surface area contributed by atoms with E-state index in [0.717, 1.165) is 17.7 Å². The van der Waals surface area contributed by atoms with Crippen LogP contribution in [-0.2, 0) is 0 Å². The summed E-state index contributed by atoms with van der Waals surface area (Å²) in [4.78, 5) is 14.3. The van der Waals surface area contributed by atoms with Gasteiger partial charge in [-0.05, 0) is 43.2 Å². The van der Waals surface area contributed by atoms with Crippen LogP contribution in [0, 0.1) is 0 Å². The zero-order chi connectivity index (χ0) is 18.0. The number of benzene rings is 2. The van der Waals surface area contributed by atoms with Crippen molar-refractivity contribution in [3.8, 4) is 11.5 Å². The van der Waals surface area contributed by atoms with Crippen LogP contribution in [0.5, 0.6) is 11.5 Å². The second kappa shape index (κ2) is 7.05. The molecule has 132 valence electrons. The van der Waals surface area contributed by atoms with Gasteiger partial charge in [0.2, 0.25) is 0 Å². The number of anilines is 1. The van der Waals surface area contributed by atoms with Crippen LogP contribution in [-0.4, -0.2) is 31.1 Å². The molecule has 0 saturated carbocycles. The number of amides is 1. The van der Waals surface area contributed by atoms with Gasteiger partial charge in [-0.25, -0.2) is 0 Å². The topological polar surface area (TPSA) is 50.8 Å². The van der Waals surface area contributed by atoms with Crippen LogP contribution in [0.1, 0.15) is 42.4 Å². The number of fused-ring (bicyclic) bond motifs is 1. The minimum Gasteiger partial charge on any atom is -0.493 e. The smallest absolute Gasteiger partial charge is 0.257 e. The summed E-state index contributed by atoms with van der Waals surface area (Å²) in [5.41, 5.74) is 2.47. The van der Waals surface area contributed by atoms with E-state index in [0.29, 0.717) is 17.1 Å². The highest BCUT2D eigenvalue weighted by Crippen LogP contribution is 2.36. The second-order valence-corrected chi connectivity index (χ2v) is 6.26. The van der Waals surface area contributed by atoms with Gasteiger partial charge in [0.15, 0.2) is 11.5 Å². The number of ether oxygens (including phenoxy) is 2. The highest BCUT2D eigenvalue weighted by molar-refractivity contribution is 6.01. The van der Waals surface area contributed by atoms with Crippen LogP contribution in [0.4, 0.5) is 5.69 Å². The minimum absolute atomic E-state index is 0.00162. The first-order valence-corrected chi connectivity index (χ1v) is 8.52. The van der Waals surface area contributed by atoms with Crippen LogP contribution in [0.25, 0.3) is 0 Å². The molecule has 2 aromatic rings. The van der Waals surface area contributed by atoms with Crippen molar-refractivity contribution in [1.82, 2.24) is 4.90 Å². The fraction of sp³-hybridized carbons (Fsp3) is 0.350. The molecule has 0 bridgehead atoms. The Bertz CT molecular complexity index is 775. The van der Waals surface area contributed by atoms with Gasteiger partial charge in [-0.2, -0.15) is 0 Å². The van der Waals surface area contributed by atoms with Crippen LogP contribution in [0.15, 0.2) is 42.5 Å². The highest BCUT2D eigenvalue weighted by Gasteiger charge is 2.30. The molecule has 1 amide bonds. The van der Waals surface area contributed by atoms with E-state index in [1.807, 2.05) is 49.4 Å². The summed E-state index contributed by atoms with van der Waals surface area (Å²) in [6.07, 6.45) is 0.779. The summed E-state index contributed by atoms with van der Waals surface area (Å²) in [5, 5.41) is 3.42. The van der Waals surface area contributed by atoms with E-state index < -0.39 is 0 Å². The highest BCUT2D eigenvalue weighted by atomic mass is 16.5. The predicted molar refractivity (Wildman–Crippen MR) is 98.3 cm³/mol. The van der Waals surface area contributed by atoms with Crippen molar-refractivity contribution >= 4 is 11.6 Å². The first-order valence-electron chi connectivity index (χ1n) is 8.52. The maximum atomic E-state index is 12.6. The third kappa shape index (κ3) is 3.27. The minimum atomic E-state index is -0.256. The molecule has 0 aliphatic carbocycles. The van der Waals surface area contributed by atoms with Gasteiger partial charge in [0.05, 0.1) is 18.8 Å².